The van der Waals surface area contributed by atoms with Gasteiger partial charge in [-0.3, -0.25) is 9.59 Å². The van der Waals surface area contributed by atoms with Gasteiger partial charge in [0, 0.05) is 16.8 Å². The molecule has 0 aliphatic rings. The highest BCUT2D eigenvalue weighted by Crippen LogP contribution is 2.30. The summed E-state index contributed by atoms with van der Waals surface area (Å²) in [5.74, 6) is -0.622. The Hall–Kier alpha value is -4.13. The van der Waals surface area contributed by atoms with Gasteiger partial charge in [0.1, 0.15) is 0 Å². The Kier molecular flexibility index (Phi) is 8.62. The standard InChI is InChI=1S/C28H29NO6/c1-5-33-24-15-14-20(16-25(24)34-6-2)27(31)21-11-7-8-12-22(21)28(32)35-17-26(30)29-23-13-9-10-18(3)19(23)4/h7-16H,5-6,17H2,1-4H3,(H,29,30). The molecule has 7 heteroatoms. The SMILES string of the molecule is CCOc1ccc(C(=O)c2ccccc2C(=O)OCC(=O)Nc2cccc(C)c2C)cc1OCC. The molecule has 182 valence electrons. The summed E-state index contributed by atoms with van der Waals surface area (Å²) < 4.78 is 16.4. The number of esters is 1. The van der Waals surface area contributed by atoms with Crippen LogP contribution in [0.4, 0.5) is 5.69 Å². The van der Waals surface area contributed by atoms with Crippen molar-refractivity contribution in [1.29, 1.82) is 0 Å². The zero-order chi connectivity index (χ0) is 25.4. The van der Waals surface area contributed by atoms with E-state index in [-0.39, 0.29) is 16.9 Å². The number of ketones is 1. The van der Waals surface area contributed by atoms with Crippen LogP contribution in [0, 0.1) is 13.8 Å². The molecule has 35 heavy (non-hydrogen) atoms. The quantitative estimate of drug-likeness (QED) is 0.323. The molecule has 0 fully saturated rings. The second-order valence-corrected chi connectivity index (χ2v) is 7.77. The van der Waals surface area contributed by atoms with Gasteiger partial charge >= 0.3 is 5.97 Å². The van der Waals surface area contributed by atoms with Crippen LogP contribution in [0.2, 0.25) is 0 Å². The number of anilines is 1. The first-order valence-electron chi connectivity index (χ1n) is 11.4. The van der Waals surface area contributed by atoms with Crippen molar-refractivity contribution in [2.24, 2.45) is 0 Å². The number of carbonyl (C=O) groups excluding carboxylic acids is 3. The van der Waals surface area contributed by atoms with Crippen LogP contribution in [0.1, 0.15) is 51.3 Å². The molecule has 3 aromatic carbocycles. The Morgan fingerprint density at radius 2 is 1.49 bits per heavy atom. The lowest BCUT2D eigenvalue weighted by Gasteiger charge is -2.13. The molecule has 0 aromatic heterocycles. The first-order valence-corrected chi connectivity index (χ1v) is 11.4. The average Bonchev–Trinajstić information content (AvgIpc) is 2.86. The van der Waals surface area contributed by atoms with Gasteiger partial charge in [-0.1, -0.05) is 30.3 Å². The van der Waals surface area contributed by atoms with Gasteiger partial charge in [-0.15, -0.1) is 0 Å². The molecule has 0 radical (unpaired) electrons. The number of hydrogen-bond acceptors (Lipinski definition) is 6. The Labute approximate surface area is 205 Å². The minimum Gasteiger partial charge on any atom is -0.490 e. The lowest BCUT2D eigenvalue weighted by atomic mass is 9.98. The molecule has 0 unspecified atom stereocenters. The fourth-order valence-electron chi connectivity index (χ4n) is 3.49. The molecular weight excluding hydrogens is 446 g/mol. The summed E-state index contributed by atoms with van der Waals surface area (Å²) in [6, 6.07) is 16.8. The molecule has 0 heterocycles. The minimum atomic E-state index is -0.763. The van der Waals surface area contributed by atoms with Gasteiger partial charge in [0.25, 0.3) is 5.91 Å². The lowest BCUT2D eigenvalue weighted by Crippen LogP contribution is -2.22. The Bertz CT molecular complexity index is 1230. The number of rotatable bonds is 10. The van der Waals surface area contributed by atoms with Crippen molar-refractivity contribution < 1.29 is 28.6 Å². The zero-order valence-electron chi connectivity index (χ0n) is 20.3. The maximum Gasteiger partial charge on any atom is 0.339 e. The van der Waals surface area contributed by atoms with E-state index < -0.39 is 18.5 Å². The highest BCUT2D eigenvalue weighted by atomic mass is 16.5. The number of carbonyl (C=O) groups is 3. The van der Waals surface area contributed by atoms with Crippen LogP contribution in [-0.2, 0) is 9.53 Å². The van der Waals surface area contributed by atoms with Crippen molar-refractivity contribution in [2.75, 3.05) is 25.1 Å². The monoisotopic (exact) mass is 475 g/mol. The summed E-state index contributed by atoms with van der Waals surface area (Å²) >= 11 is 0. The largest absolute Gasteiger partial charge is 0.490 e. The van der Waals surface area contributed by atoms with E-state index in [1.54, 1.807) is 42.5 Å². The molecule has 0 aliphatic heterocycles. The van der Waals surface area contributed by atoms with Gasteiger partial charge in [0.05, 0.1) is 18.8 Å². The molecule has 0 saturated heterocycles. The summed E-state index contributed by atoms with van der Waals surface area (Å²) in [5.41, 5.74) is 3.20. The lowest BCUT2D eigenvalue weighted by molar-refractivity contribution is -0.119. The van der Waals surface area contributed by atoms with Crippen LogP contribution in [0.25, 0.3) is 0 Å². The van der Waals surface area contributed by atoms with E-state index in [4.69, 9.17) is 14.2 Å². The summed E-state index contributed by atoms with van der Waals surface area (Å²) in [7, 11) is 0. The number of benzene rings is 3. The smallest absolute Gasteiger partial charge is 0.339 e. The number of hydrogen-bond donors (Lipinski definition) is 1. The third-order valence-electron chi connectivity index (χ3n) is 5.41. The maximum atomic E-state index is 13.3. The fourth-order valence-corrected chi connectivity index (χ4v) is 3.49. The molecule has 7 nitrogen and oxygen atoms in total. The van der Waals surface area contributed by atoms with E-state index in [9.17, 15) is 14.4 Å². The minimum absolute atomic E-state index is 0.0730. The molecule has 3 rings (SSSR count). The van der Waals surface area contributed by atoms with Crippen LogP contribution in [0.5, 0.6) is 11.5 Å². The van der Waals surface area contributed by atoms with E-state index in [0.29, 0.717) is 36.0 Å². The molecule has 0 saturated carbocycles. The average molecular weight is 476 g/mol. The van der Waals surface area contributed by atoms with Crippen molar-refractivity contribution >= 4 is 23.3 Å². The number of ether oxygens (including phenoxy) is 3. The first-order chi connectivity index (χ1) is 16.8. The van der Waals surface area contributed by atoms with Crippen LogP contribution in [0.15, 0.2) is 60.7 Å². The van der Waals surface area contributed by atoms with Gasteiger partial charge in [-0.2, -0.15) is 0 Å². The predicted molar refractivity (Wildman–Crippen MR) is 133 cm³/mol. The second-order valence-electron chi connectivity index (χ2n) is 7.77. The first kappa shape index (κ1) is 25.5. The highest BCUT2D eigenvalue weighted by molar-refractivity contribution is 6.14. The van der Waals surface area contributed by atoms with Crippen molar-refractivity contribution in [3.63, 3.8) is 0 Å². The summed E-state index contributed by atoms with van der Waals surface area (Å²) in [5, 5.41) is 2.75. The third kappa shape index (κ3) is 6.26. The maximum absolute atomic E-state index is 13.3. The van der Waals surface area contributed by atoms with Gasteiger partial charge < -0.3 is 19.5 Å². The van der Waals surface area contributed by atoms with Crippen LogP contribution < -0.4 is 14.8 Å². The highest BCUT2D eigenvalue weighted by Gasteiger charge is 2.21. The summed E-state index contributed by atoms with van der Waals surface area (Å²) in [4.78, 5) is 38.4. The van der Waals surface area contributed by atoms with Gasteiger partial charge in [-0.05, 0) is 69.2 Å². The number of nitrogens with one attached hydrogen (secondary N) is 1. The van der Waals surface area contributed by atoms with Gasteiger partial charge in [0.15, 0.2) is 23.9 Å². The number of amides is 1. The molecule has 3 aromatic rings. The van der Waals surface area contributed by atoms with Crippen LogP contribution >= 0.6 is 0 Å². The van der Waals surface area contributed by atoms with Gasteiger partial charge in [0.2, 0.25) is 0 Å². The molecule has 0 bridgehead atoms. The summed E-state index contributed by atoms with van der Waals surface area (Å²) in [6.07, 6.45) is 0. The van der Waals surface area contributed by atoms with Gasteiger partial charge in [-0.25, -0.2) is 4.79 Å². The third-order valence-corrected chi connectivity index (χ3v) is 5.41. The Morgan fingerprint density at radius 1 is 0.800 bits per heavy atom. The van der Waals surface area contributed by atoms with E-state index >= 15 is 0 Å². The normalized spacial score (nSPS) is 10.4. The predicted octanol–water partition coefficient (Wildman–Crippen LogP) is 5.13. The second kappa shape index (κ2) is 11.8. The molecule has 0 atom stereocenters. The van der Waals surface area contributed by atoms with Crippen molar-refractivity contribution in [2.45, 2.75) is 27.7 Å². The van der Waals surface area contributed by atoms with E-state index in [1.165, 1.54) is 6.07 Å². The zero-order valence-corrected chi connectivity index (χ0v) is 20.3. The molecule has 0 aliphatic carbocycles. The van der Waals surface area contributed by atoms with E-state index in [0.717, 1.165) is 11.1 Å². The van der Waals surface area contributed by atoms with Crippen LogP contribution in [-0.4, -0.2) is 37.5 Å². The van der Waals surface area contributed by atoms with Crippen molar-refractivity contribution in [3.8, 4) is 11.5 Å². The van der Waals surface area contributed by atoms with E-state index in [2.05, 4.69) is 5.32 Å². The molecular formula is C28H29NO6. The molecule has 0 spiro atoms. The van der Waals surface area contributed by atoms with Crippen molar-refractivity contribution in [1.82, 2.24) is 0 Å². The van der Waals surface area contributed by atoms with Crippen molar-refractivity contribution in [3.05, 3.63) is 88.5 Å². The Balaban J connectivity index is 1.75. The fraction of sp³-hybridized carbons (Fsp3) is 0.250. The summed E-state index contributed by atoms with van der Waals surface area (Å²) in [6.45, 7) is 7.93. The molecule has 1 N–H and O–H groups in total. The topological polar surface area (TPSA) is 90.9 Å². The van der Waals surface area contributed by atoms with E-state index in [1.807, 2.05) is 39.8 Å². The molecule has 1 amide bonds. The van der Waals surface area contributed by atoms with Crippen LogP contribution in [0.3, 0.4) is 0 Å². The number of aryl methyl sites for hydroxylation is 1. The Morgan fingerprint density at radius 3 is 2.20 bits per heavy atom.